The molecule has 0 aliphatic heterocycles. The Bertz CT molecular complexity index is 1110. The molecule has 0 amide bonds. The first-order valence-corrected chi connectivity index (χ1v) is 9.34. The fourth-order valence-electron chi connectivity index (χ4n) is 3.18. The van der Waals surface area contributed by atoms with Gasteiger partial charge in [0.1, 0.15) is 6.61 Å². The van der Waals surface area contributed by atoms with E-state index in [1.807, 2.05) is 66.3 Å². The molecule has 0 N–H and O–H groups in total. The Morgan fingerprint density at radius 1 is 1.04 bits per heavy atom. The Kier molecular flexibility index (Phi) is 5.28. The first kappa shape index (κ1) is 18.5. The largest absolute Gasteiger partial charge is 0.475 e. The molecular formula is C22H20ClN3O2. The molecule has 0 bridgehead atoms. The summed E-state index contributed by atoms with van der Waals surface area (Å²) in [5, 5.41) is 1.49. The summed E-state index contributed by atoms with van der Waals surface area (Å²) in [6.07, 6.45) is 3.62. The first-order chi connectivity index (χ1) is 13.7. The molecule has 28 heavy (non-hydrogen) atoms. The molecule has 5 nitrogen and oxygen atoms in total. The van der Waals surface area contributed by atoms with Gasteiger partial charge in [0.25, 0.3) is 0 Å². The topological polar surface area (TPSA) is 49.2 Å². The fraction of sp³-hybridized carbons (Fsp3) is 0.182. The van der Waals surface area contributed by atoms with Crippen molar-refractivity contribution >= 4 is 22.5 Å². The number of benzene rings is 2. The van der Waals surface area contributed by atoms with Crippen LogP contribution in [0.15, 0.2) is 61.1 Å². The van der Waals surface area contributed by atoms with Crippen LogP contribution in [0.25, 0.3) is 33.3 Å². The van der Waals surface area contributed by atoms with Crippen molar-refractivity contribution in [3.63, 3.8) is 0 Å². The van der Waals surface area contributed by atoms with Gasteiger partial charge in [-0.15, -0.1) is 0 Å². The Morgan fingerprint density at radius 3 is 2.57 bits per heavy atom. The van der Waals surface area contributed by atoms with Crippen molar-refractivity contribution in [2.45, 2.75) is 0 Å². The van der Waals surface area contributed by atoms with Gasteiger partial charge >= 0.3 is 0 Å². The molecule has 2 heterocycles. The summed E-state index contributed by atoms with van der Waals surface area (Å²) in [7, 11) is 3.61. The Labute approximate surface area is 168 Å². The fourth-order valence-corrected chi connectivity index (χ4v) is 3.52. The van der Waals surface area contributed by atoms with E-state index in [0.29, 0.717) is 24.1 Å². The van der Waals surface area contributed by atoms with Crippen LogP contribution in [-0.4, -0.2) is 34.9 Å². The second-order valence-corrected chi connectivity index (χ2v) is 6.81. The molecule has 0 unspecified atom stereocenters. The van der Waals surface area contributed by atoms with Gasteiger partial charge in [0.05, 0.1) is 40.9 Å². The smallest absolute Gasteiger partial charge is 0.223 e. The van der Waals surface area contributed by atoms with Crippen LogP contribution < -0.4 is 4.74 Å². The molecule has 0 saturated heterocycles. The maximum Gasteiger partial charge on any atom is 0.223 e. The maximum absolute atomic E-state index is 6.89. The van der Waals surface area contributed by atoms with Crippen LogP contribution in [0.4, 0.5) is 0 Å². The number of methoxy groups -OCH3 is 1. The van der Waals surface area contributed by atoms with Crippen LogP contribution in [0.1, 0.15) is 0 Å². The predicted octanol–water partition coefficient (Wildman–Crippen LogP) is 4.98. The van der Waals surface area contributed by atoms with E-state index in [2.05, 4.69) is 4.98 Å². The number of pyridine rings is 1. The van der Waals surface area contributed by atoms with E-state index in [1.54, 1.807) is 13.4 Å². The van der Waals surface area contributed by atoms with E-state index in [0.717, 1.165) is 33.3 Å². The van der Waals surface area contributed by atoms with Crippen LogP contribution in [0.3, 0.4) is 0 Å². The summed E-state index contributed by atoms with van der Waals surface area (Å²) in [6.45, 7) is 0.878. The molecule has 0 radical (unpaired) electrons. The zero-order chi connectivity index (χ0) is 19.5. The summed E-state index contributed by atoms with van der Waals surface area (Å²) in [5.74, 6) is 0.508. The molecule has 0 spiro atoms. The lowest BCUT2D eigenvalue weighted by Crippen LogP contribution is -2.07. The molecule has 2 aromatic heterocycles. The van der Waals surface area contributed by atoms with E-state index >= 15 is 0 Å². The summed E-state index contributed by atoms with van der Waals surface area (Å²) in [6, 6.07) is 15.9. The molecule has 0 aliphatic carbocycles. The average molecular weight is 394 g/mol. The van der Waals surface area contributed by atoms with Crippen molar-refractivity contribution in [3.8, 4) is 28.3 Å². The van der Waals surface area contributed by atoms with Gasteiger partial charge in [-0.3, -0.25) is 0 Å². The number of aromatic nitrogens is 3. The van der Waals surface area contributed by atoms with E-state index in [-0.39, 0.29) is 0 Å². The van der Waals surface area contributed by atoms with Crippen molar-refractivity contribution in [2.75, 3.05) is 20.3 Å². The van der Waals surface area contributed by atoms with Gasteiger partial charge in [0.15, 0.2) is 0 Å². The summed E-state index contributed by atoms with van der Waals surface area (Å²) in [4.78, 5) is 8.95. The number of hydrogen-bond donors (Lipinski definition) is 0. The molecule has 0 saturated carbocycles. The second-order valence-electron chi connectivity index (χ2n) is 6.43. The molecule has 4 aromatic rings. The number of nitrogens with zero attached hydrogens (tertiary/aromatic N) is 3. The van der Waals surface area contributed by atoms with Gasteiger partial charge in [-0.25, -0.2) is 9.97 Å². The number of rotatable bonds is 6. The highest BCUT2D eigenvalue weighted by Gasteiger charge is 2.18. The van der Waals surface area contributed by atoms with E-state index < -0.39 is 0 Å². The van der Waals surface area contributed by atoms with Crippen LogP contribution in [0.2, 0.25) is 5.02 Å². The lowest BCUT2D eigenvalue weighted by Gasteiger charge is -2.15. The number of ether oxygens (including phenoxy) is 2. The molecule has 6 heteroatoms. The van der Waals surface area contributed by atoms with E-state index in [1.165, 1.54) is 0 Å². The van der Waals surface area contributed by atoms with Crippen molar-refractivity contribution in [1.82, 2.24) is 14.5 Å². The number of hydrogen-bond acceptors (Lipinski definition) is 4. The summed E-state index contributed by atoms with van der Waals surface area (Å²) >= 11 is 6.89. The number of fused-ring (bicyclic) bond motifs is 1. The number of imidazole rings is 1. The monoisotopic (exact) mass is 393 g/mol. The normalized spacial score (nSPS) is 11.1. The summed E-state index contributed by atoms with van der Waals surface area (Å²) < 4.78 is 13.0. The van der Waals surface area contributed by atoms with Gasteiger partial charge in [-0.2, -0.15) is 0 Å². The molecule has 0 aliphatic rings. The molecule has 4 rings (SSSR count). The van der Waals surface area contributed by atoms with Gasteiger partial charge in [-0.1, -0.05) is 48.0 Å². The molecular weight excluding hydrogens is 374 g/mol. The van der Waals surface area contributed by atoms with Crippen LogP contribution >= 0.6 is 11.6 Å². The average Bonchev–Trinajstić information content (AvgIpc) is 3.15. The predicted molar refractivity (Wildman–Crippen MR) is 112 cm³/mol. The van der Waals surface area contributed by atoms with Crippen molar-refractivity contribution in [1.29, 1.82) is 0 Å². The standard InChI is InChI=1S/C22H20ClN3O2/c1-26-14-24-13-19(26)16-8-9-18-17(12-16)21(23)20(15-6-4-3-5-7-15)22(25-18)28-11-10-27-2/h3-9,12-14H,10-11H2,1-2H3. The van der Waals surface area contributed by atoms with Crippen LogP contribution in [-0.2, 0) is 11.8 Å². The molecule has 0 fully saturated rings. The minimum absolute atomic E-state index is 0.401. The van der Waals surface area contributed by atoms with Crippen LogP contribution in [0.5, 0.6) is 5.88 Å². The van der Waals surface area contributed by atoms with Gasteiger partial charge in [0, 0.05) is 25.1 Å². The highest BCUT2D eigenvalue weighted by molar-refractivity contribution is 6.38. The van der Waals surface area contributed by atoms with Gasteiger partial charge < -0.3 is 14.0 Å². The highest BCUT2D eigenvalue weighted by atomic mass is 35.5. The Morgan fingerprint density at radius 2 is 1.86 bits per heavy atom. The quantitative estimate of drug-likeness (QED) is 0.433. The van der Waals surface area contributed by atoms with Gasteiger partial charge in [0.2, 0.25) is 5.88 Å². The zero-order valence-electron chi connectivity index (χ0n) is 15.7. The summed E-state index contributed by atoms with van der Waals surface area (Å²) in [5.41, 5.74) is 4.57. The SMILES string of the molecule is COCCOc1nc2ccc(-c3cncn3C)cc2c(Cl)c1-c1ccccc1. The van der Waals surface area contributed by atoms with Crippen molar-refractivity contribution in [2.24, 2.45) is 7.05 Å². The number of halogens is 1. The third-order valence-corrected chi connectivity index (χ3v) is 4.98. The van der Waals surface area contributed by atoms with Gasteiger partial charge in [-0.05, 0) is 17.7 Å². The lowest BCUT2D eigenvalue weighted by atomic mass is 10.0. The minimum Gasteiger partial charge on any atom is -0.475 e. The van der Waals surface area contributed by atoms with Crippen LogP contribution in [0, 0.1) is 0 Å². The number of aryl methyl sites for hydroxylation is 1. The lowest BCUT2D eigenvalue weighted by molar-refractivity contribution is 0.144. The van der Waals surface area contributed by atoms with E-state index in [4.69, 9.17) is 26.1 Å². The zero-order valence-corrected chi connectivity index (χ0v) is 16.5. The van der Waals surface area contributed by atoms with E-state index in [9.17, 15) is 0 Å². The molecule has 2 aromatic carbocycles. The molecule has 0 atom stereocenters. The third kappa shape index (κ3) is 3.46. The Balaban J connectivity index is 1.90. The minimum atomic E-state index is 0.401. The third-order valence-electron chi connectivity index (χ3n) is 4.59. The first-order valence-electron chi connectivity index (χ1n) is 8.96. The van der Waals surface area contributed by atoms with Crippen molar-refractivity contribution in [3.05, 3.63) is 66.1 Å². The maximum atomic E-state index is 6.89. The second kappa shape index (κ2) is 8.00. The van der Waals surface area contributed by atoms with Crippen molar-refractivity contribution < 1.29 is 9.47 Å². The highest BCUT2D eigenvalue weighted by Crippen LogP contribution is 2.40. The Hall–Kier alpha value is -2.89. The molecule has 142 valence electrons.